The van der Waals surface area contributed by atoms with Gasteiger partial charge in [-0.3, -0.25) is 0 Å². The Labute approximate surface area is 157 Å². The molecule has 2 heterocycles. The van der Waals surface area contributed by atoms with E-state index in [-0.39, 0.29) is 17.0 Å². The van der Waals surface area contributed by atoms with Crippen LogP contribution in [0.15, 0.2) is 85.2 Å². The van der Waals surface area contributed by atoms with E-state index in [0.717, 1.165) is 12.3 Å². The number of ether oxygens (including phenoxy) is 1. The molecule has 3 nitrogen and oxygen atoms in total. The van der Waals surface area contributed by atoms with Gasteiger partial charge in [-0.1, -0.05) is 48.5 Å². The van der Waals surface area contributed by atoms with Crippen molar-refractivity contribution >= 4 is 5.65 Å². The number of nitrogens with zero attached hydrogens (tertiary/aromatic N) is 2. The van der Waals surface area contributed by atoms with Crippen molar-refractivity contribution in [2.75, 3.05) is 7.11 Å². The Kier molecular flexibility index (Phi) is 5.19. The maximum atomic E-state index is 5.26. The Morgan fingerprint density at radius 2 is 1.60 bits per heavy atom. The second-order valence-electron chi connectivity index (χ2n) is 5.78. The fraction of sp³-hybridized carbons (Fsp3) is 0.0952. The molecule has 4 rings (SSSR count). The molecule has 0 atom stereocenters. The summed E-state index contributed by atoms with van der Waals surface area (Å²) >= 11 is 0. The molecule has 0 aliphatic carbocycles. The van der Waals surface area contributed by atoms with Crippen LogP contribution in [0.4, 0.5) is 0 Å². The summed E-state index contributed by atoms with van der Waals surface area (Å²) in [5, 5.41) is 0. The van der Waals surface area contributed by atoms with E-state index in [4.69, 9.17) is 4.74 Å². The molecule has 0 aliphatic rings. The second-order valence-corrected chi connectivity index (χ2v) is 5.78. The van der Waals surface area contributed by atoms with Crippen LogP contribution in [0.1, 0.15) is 5.56 Å². The highest BCUT2D eigenvalue weighted by Crippen LogP contribution is 2.22. The summed E-state index contributed by atoms with van der Waals surface area (Å²) in [6.07, 6.45) is 4.28. The molecule has 4 heteroatoms. The van der Waals surface area contributed by atoms with E-state index in [9.17, 15) is 0 Å². The highest BCUT2D eigenvalue weighted by atomic mass is 79.9. The van der Waals surface area contributed by atoms with Gasteiger partial charge in [-0.05, 0) is 23.8 Å². The van der Waals surface area contributed by atoms with Crippen LogP contribution < -0.4 is 26.1 Å². The van der Waals surface area contributed by atoms with Gasteiger partial charge in [0.1, 0.15) is 18.5 Å². The Balaban J connectivity index is 0.00000182. The third kappa shape index (κ3) is 3.44. The molecule has 0 saturated carbocycles. The molecule has 0 radical (unpaired) electrons. The summed E-state index contributed by atoms with van der Waals surface area (Å²) in [6, 6.07) is 25.0. The van der Waals surface area contributed by atoms with Crippen molar-refractivity contribution in [3.63, 3.8) is 0 Å². The van der Waals surface area contributed by atoms with Gasteiger partial charge in [0.05, 0.1) is 13.3 Å². The predicted octanol–water partition coefficient (Wildman–Crippen LogP) is 0.955. The second kappa shape index (κ2) is 7.53. The maximum Gasteiger partial charge on any atom is 0.286 e. The lowest BCUT2D eigenvalue weighted by Gasteiger charge is -2.05. The number of hydrogen-bond acceptors (Lipinski definition) is 1. The average molecular weight is 395 g/mol. The minimum atomic E-state index is 0. The number of methoxy groups -OCH3 is 1. The third-order valence-corrected chi connectivity index (χ3v) is 4.27. The molecule has 0 aliphatic heterocycles. The predicted molar refractivity (Wildman–Crippen MR) is 95.1 cm³/mol. The van der Waals surface area contributed by atoms with Crippen LogP contribution in [0.25, 0.3) is 16.9 Å². The van der Waals surface area contributed by atoms with Crippen LogP contribution in [-0.2, 0) is 6.54 Å². The number of fused-ring (bicyclic) bond motifs is 1. The smallest absolute Gasteiger partial charge is 0.286 e. The summed E-state index contributed by atoms with van der Waals surface area (Å²) in [6.45, 7) is 0.814. The topological polar surface area (TPSA) is 18.3 Å². The Hall–Kier alpha value is -2.59. The molecule has 0 saturated heterocycles. The molecular formula is C21H19BrN2O. The normalized spacial score (nSPS) is 10.4. The van der Waals surface area contributed by atoms with E-state index in [2.05, 4.69) is 76.0 Å². The third-order valence-electron chi connectivity index (χ3n) is 4.27. The lowest BCUT2D eigenvalue weighted by atomic mass is 10.1. The monoisotopic (exact) mass is 394 g/mol. The summed E-state index contributed by atoms with van der Waals surface area (Å²) in [4.78, 5) is 0. The number of aromatic nitrogens is 2. The largest absolute Gasteiger partial charge is 1.00 e. The SMILES string of the molecule is COc1ccc(Cn2c(-c3ccccc3)c[n+]3ccccc23)cc1.[Br-]. The molecule has 0 amide bonds. The molecule has 0 unspecified atom stereocenters. The Morgan fingerprint density at radius 3 is 2.32 bits per heavy atom. The van der Waals surface area contributed by atoms with Crippen molar-refractivity contribution in [1.29, 1.82) is 0 Å². The average Bonchev–Trinajstić information content (AvgIpc) is 3.02. The van der Waals surface area contributed by atoms with Crippen molar-refractivity contribution in [1.82, 2.24) is 4.57 Å². The molecule has 0 fully saturated rings. The summed E-state index contributed by atoms with van der Waals surface area (Å²) in [5.74, 6) is 0.883. The molecule has 0 spiro atoms. The zero-order valence-corrected chi connectivity index (χ0v) is 15.6. The number of pyridine rings is 1. The van der Waals surface area contributed by atoms with Gasteiger partial charge in [-0.25, -0.2) is 8.97 Å². The molecule has 2 aromatic heterocycles. The fourth-order valence-corrected chi connectivity index (χ4v) is 3.03. The van der Waals surface area contributed by atoms with Crippen molar-refractivity contribution < 1.29 is 26.1 Å². The molecule has 2 aromatic carbocycles. The van der Waals surface area contributed by atoms with E-state index in [0.29, 0.717) is 0 Å². The van der Waals surface area contributed by atoms with Gasteiger partial charge in [-0.15, -0.1) is 0 Å². The van der Waals surface area contributed by atoms with Gasteiger partial charge in [0, 0.05) is 11.6 Å². The van der Waals surface area contributed by atoms with Gasteiger partial charge in [0.15, 0.2) is 5.69 Å². The summed E-state index contributed by atoms with van der Waals surface area (Å²) < 4.78 is 9.77. The highest BCUT2D eigenvalue weighted by molar-refractivity contribution is 5.61. The van der Waals surface area contributed by atoms with Crippen LogP contribution in [0.3, 0.4) is 0 Å². The molecule has 25 heavy (non-hydrogen) atoms. The number of halogens is 1. The van der Waals surface area contributed by atoms with Gasteiger partial charge in [-0.2, -0.15) is 0 Å². The van der Waals surface area contributed by atoms with E-state index in [1.54, 1.807) is 7.11 Å². The van der Waals surface area contributed by atoms with Crippen LogP contribution >= 0.6 is 0 Å². The first-order valence-electron chi connectivity index (χ1n) is 8.03. The van der Waals surface area contributed by atoms with E-state index in [1.807, 2.05) is 18.2 Å². The Morgan fingerprint density at radius 1 is 0.880 bits per heavy atom. The molecular weight excluding hydrogens is 376 g/mol. The first-order valence-corrected chi connectivity index (χ1v) is 8.03. The maximum absolute atomic E-state index is 5.26. The van der Waals surface area contributed by atoms with Gasteiger partial charge in [0.25, 0.3) is 5.65 Å². The van der Waals surface area contributed by atoms with Gasteiger partial charge in [0.2, 0.25) is 0 Å². The van der Waals surface area contributed by atoms with Crippen LogP contribution in [0, 0.1) is 0 Å². The van der Waals surface area contributed by atoms with E-state index >= 15 is 0 Å². The quantitative estimate of drug-likeness (QED) is 0.471. The zero-order valence-electron chi connectivity index (χ0n) is 14.0. The standard InChI is InChI=1S/C21H19N2O.BrH/c1-24-19-12-10-17(11-13-19)15-23-20(18-7-3-2-4-8-18)16-22-14-6-5-9-21(22)23;/h2-14,16H,15H2,1H3;1H/q+1;/p-1. The van der Waals surface area contributed by atoms with Crippen molar-refractivity contribution in [2.45, 2.75) is 6.54 Å². The zero-order chi connectivity index (χ0) is 16.4. The number of benzene rings is 2. The lowest BCUT2D eigenvalue weighted by molar-refractivity contribution is -0.510. The van der Waals surface area contributed by atoms with Gasteiger partial charge >= 0.3 is 0 Å². The van der Waals surface area contributed by atoms with E-state index in [1.165, 1.54) is 22.5 Å². The Bertz CT molecular complexity index is 962. The van der Waals surface area contributed by atoms with Crippen LogP contribution in [-0.4, -0.2) is 11.7 Å². The molecule has 126 valence electrons. The van der Waals surface area contributed by atoms with Crippen LogP contribution in [0.5, 0.6) is 5.75 Å². The first-order chi connectivity index (χ1) is 11.8. The lowest BCUT2D eigenvalue weighted by Crippen LogP contribution is -3.00. The highest BCUT2D eigenvalue weighted by Gasteiger charge is 2.18. The van der Waals surface area contributed by atoms with Crippen molar-refractivity contribution in [3.05, 3.63) is 90.8 Å². The molecule has 0 N–H and O–H groups in total. The molecule has 0 bridgehead atoms. The summed E-state index contributed by atoms with van der Waals surface area (Å²) in [7, 11) is 1.69. The number of imidazole rings is 1. The van der Waals surface area contributed by atoms with Crippen molar-refractivity contribution in [2.24, 2.45) is 0 Å². The van der Waals surface area contributed by atoms with E-state index < -0.39 is 0 Å². The van der Waals surface area contributed by atoms with Crippen molar-refractivity contribution in [3.8, 4) is 17.0 Å². The van der Waals surface area contributed by atoms with Crippen LogP contribution in [0.2, 0.25) is 0 Å². The minimum absolute atomic E-state index is 0. The first kappa shape index (κ1) is 17.2. The molecule has 4 aromatic rings. The van der Waals surface area contributed by atoms with Gasteiger partial charge < -0.3 is 21.7 Å². The number of rotatable bonds is 4. The minimum Gasteiger partial charge on any atom is -1.00 e. The summed E-state index contributed by atoms with van der Waals surface area (Å²) in [5.41, 5.74) is 4.84. The fourth-order valence-electron chi connectivity index (χ4n) is 3.03. The number of hydrogen-bond donors (Lipinski definition) is 0.